The first-order valence-corrected chi connectivity index (χ1v) is 7.62. The van der Waals surface area contributed by atoms with Gasteiger partial charge in [0.25, 0.3) is 0 Å². The molecule has 1 aromatic carbocycles. The number of hydrogen-bond donors (Lipinski definition) is 2. The zero-order valence-corrected chi connectivity index (χ0v) is 12.3. The van der Waals surface area contributed by atoms with Gasteiger partial charge < -0.3 is 5.73 Å². The second-order valence-corrected chi connectivity index (χ2v) is 6.70. The Kier molecular flexibility index (Phi) is 5.12. The molecule has 17 heavy (non-hydrogen) atoms. The van der Waals surface area contributed by atoms with Crippen LogP contribution in [0.4, 0.5) is 0 Å². The topological polar surface area (TPSA) is 72.2 Å². The molecule has 1 atom stereocenters. The Morgan fingerprint density at radius 2 is 2.12 bits per heavy atom. The van der Waals surface area contributed by atoms with Crippen molar-refractivity contribution in [2.45, 2.75) is 31.2 Å². The van der Waals surface area contributed by atoms with E-state index >= 15 is 0 Å². The van der Waals surface area contributed by atoms with Crippen LogP contribution in [-0.2, 0) is 10.0 Å². The predicted molar refractivity (Wildman–Crippen MR) is 72.3 cm³/mol. The van der Waals surface area contributed by atoms with E-state index in [0.29, 0.717) is 13.0 Å². The van der Waals surface area contributed by atoms with Crippen molar-refractivity contribution in [2.24, 2.45) is 5.73 Å². The molecule has 1 unspecified atom stereocenters. The van der Waals surface area contributed by atoms with E-state index < -0.39 is 10.0 Å². The molecule has 0 aliphatic carbocycles. The highest BCUT2D eigenvalue weighted by Crippen LogP contribution is 2.20. The van der Waals surface area contributed by atoms with Gasteiger partial charge >= 0.3 is 0 Å². The summed E-state index contributed by atoms with van der Waals surface area (Å²) in [7, 11) is -3.43. The summed E-state index contributed by atoms with van der Waals surface area (Å²) in [5.41, 5.74) is 6.56. The molecule has 0 aliphatic heterocycles. The van der Waals surface area contributed by atoms with Crippen molar-refractivity contribution in [3.8, 4) is 0 Å². The number of hydrogen-bond acceptors (Lipinski definition) is 3. The highest BCUT2D eigenvalue weighted by atomic mass is 79.9. The average Bonchev–Trinajstić information content (AvgIpc) is 2.21. The van der Waals surface area contributed by atoms with Crippen molar-refractivity contribution < 1.29 is 8.42 Å². The Morgan fingerprint density at radius 1 is 1.47 bits per heavy atom. The number of halogens is 1. The third-order valence-corrected chi connectivity index (χ3v) is 4.66. The van der Waals surface area contributed by atoms with Gasteiger partial charge in [0.1, 0.15) is 0 Å². The quantitative estimate of drug-likeness (QED) is 0.868. The molecule has 3 N–H and O–H groups in total. The summed E-state index contributed by atoms with van der Waals surface area (Å²) in [4.78, 5) is 0.264. The molecule has 4 nitrogen and oxygen atoms in total. The largest absolute Gasteiger partial charge is 0.328 e. The lowest BCUT2D eigenvalue weighted by Crippen LogP contribution is -2.29. The van der Waals surface area contributed by atoms with E-state index in [0.717, 1.165) is 10.0 Å². The Bertz CT molecular complexity index is 486. The van der Waals surface area contributed by atoms with Crippen LogP contribution >= 0.6 is 15.9 Å². The van der Waals surface area contributed by atoms with E-state index in [4.69, 9.17) is 5.73 Å². The highest BCUT2D eigenvalue weighted by molar-refractivity contribution is 9.10. The van der Waals surface area contributed by atoms with Crippen LogP contribution in [-0.4, -0.2) is 21.0 Å². The smallest absolute Gasteiger partial charge is 0.240 e. The summed E-state index contributed by atoms with van der Waals surface area (Å²) in [6, 6.07) is 4.95. The van der Waals surface area contributed by atoms with Crippen LogP contribution < -0.4 is 10.5 Å². The zero-order chi connectivity index (χ0) is 13.1. The van der Waals surface area contributed by atoms with Gasteiger partial charge in [0, 0.05) is 17.1 Å². The van der Waals surface area contributed by atoms with Crippen molar-refractivity contribution in [1.82, 2.24) is 4.72 Å². The molecule has 0 radical (unpaired) electrons. The van der Waals surface area contributed by atoms with Crippen molar-refractivity contribution in [3.05, 3.63) is 28.2 Å². The lowest BCUT2D eigenvalue weighted by atomic mass is 10.2. The van der Waals surface area contributed by atoms with E-state index in [-0.39, 0.29) is 10.9 Å². The van der Waals surface area contributed by atoms with Gasteiger partial charge in [-0.15, -0.1) is 0 Å². The van der Waals surface area contributed by atoms with E-state index in [9.17, 15) is 8.42 Å². The van der Waals surface area contributed by atoms with Crippen molar-refractivity contribution >= 4 is 26.0 Å². The Hall–Kier alpha value is -0.430. The molecule has 0 bridgehead atoms. The third kappa shape index (κ3) is 4.39. The number of nitrogens with one attached hydrogen (secondary N) is 1. The molecule has 0 fully saturated rings. The molecule has 0 saturated heterocycles. The fourth-order valence-electron chi connectivity index (χ4n) is 1.25. The SMILES string of the molecule is Cc1ccc(S(=O)(=O)NCCC(C)N)cc1Br. The fraction of sp³-hybridized carbons (Fsp3) is 0.455. The summed E-state index contributed by atoms with van der Waals surface area (Å²) in [6.07, 6.45) is 0.617. The minimum atomic E-state index is -3.43. The molecule has 0 amide bonds. The lowest BCUT2D eigenvalue weighted by molar-refractivity contribution is 0.572. The number of benzene rings is 1. The van der Waals surface area contributed by atoms with Crippen LogP contribution in [0.25, 0.3) is 0 Å². The van der Waals surface area contributed by atoms with E-state index in [1.165, 1.54) is 0 Å². The van der Waals surface area contributed by atoms with Gasteiger partial charge in [-0.05, 0) is 38.0 Å². The predicted octanol–water partition coefficient (Wildman–Crippen LogP) is 1.77. The molecule has 0 aliphatic rings. The van der Waals surface area contributed by atoms with Crippen LogP contribution in [0.2, 0.25) is 0 Å². The standard InChI is InChI=1S/C11H17BrN2O2S/c1-8-3-4-10(7-11(8)12)17(15,16)14-6-5-9(2)13/h3-4,7,9,14H,5-6,13H2,1-2H3. The Morgan fingerprint density at radius 3 is 2.65 bits per heavy atom. The van der Waals surface area contributed by atoms with E-state index in [1.54, 1.807) is 18.2 Å². The van der Waals surface area contributed by atoms with Crippen LogP contribution in [0.15, 0.2) is 27.6 Å². The molecule has 6 heteroatoms. The maximum absolute atomic E-state index is 11.9. The summed E-state index contributed by atoms with van der Waals surface area (Å²) < 4.78 is 27.1. The van der Waals surface area contributed by atoms with Crippen LogP contribution in [0.1, 0.15) is 18.9 Å². The molecule has 0 spiro atoms. The molecule has 0 saturated carbocycles. The molecule has 96 valence electrons. The molecular weight excluding hydrogens is 304 g/mol. The van der Waals surface area contributed by atoms with Crippen LogP contribution in [0.5, 0.6) is 0 Å². The monoisotopic (exact) mass is 320 g/mol. The minimum absolute atomic E-state index is 0.0116. The van der Waals surface area contributed by atoms with E-state index in [2.05, 4.69) is 20.7 Å². The van der Waals surface area contributed by atoms with Gasteiger partial charge in [-0.25, -0.2) is 13.1 Å². The van der Waals surface area contributed by atoms with Gasteiger partial charge in [0.05, 0.1) is 4.90 Å². The molecule has 0 heterocycles. The molecule has 0 aromatic heterocycles. The number of nitrogens with two attached hydrogens (primary N) is 1. The van der Waals surface area contributed by atoms with Gasteiger partial charge in [-0.2, -0.15) is 0 Å². The van der Waals surface area contributed by atoms with E-state index in [1.807, 2.05) is 13.8 Å². The van der Waals surface area contributed by atoms with Gasteiger partial charge in [0.15, 0.2) is 0 Å². The second-order valence-electron chi connectivity index (χ2n) is 4.07. The van der Waals surface area contributed by atoms with Crippen molar-refractivity contribution in [1.29, 1.82) is 0 Å². The van der Waals surface area contributed by atoms with Gasteiger partial charge in [-0.1, -0.05) is 22.0 Å². The second kappa shape index (κ2) is 5.95. The summed E-state index contributed by atoms with van der Waals surface area (Å²) in [5.74, 6) is 0. The van der Waals surface area contributed by atoms with Crippen molar-refractivity contribution in [2.75, 3.05) is 6.54 Å². The Labute approximate surface area is 111 Å². The number of rotatable bonds is 5. The Balaban J connectivity index is 2.79. The van der Waals surface area contributed by atoms with Crippen molar-refractivity contribution in [3.63, 3.8) is 0 Å². The zero-order valence-electron chi connectivity index (χ0n) is 9.90. The van der Waals surface area contributed by atoms with Crippen LogP contribution in [0.3, 0.4) is 0 Å². The minimum Gasteiger partial charge on any atom is -0.328 e. The summed E-state index contributed by atoms with van der Waals surface area (Å²) in [6.45, 7) is 4.10. The first-order valence-electron chi connectivity index (χ1n) is 5.34. The lowest BCUT2D eigenvalue weighted by Gasteiger charge is -2.09. The fourth-order valence-corrected chi connectivity index (χ4v) is 2.85. The first-order chi connectivity index (χ1) is 7.83. The van der Waals surface area contributed by atoms with Gasteiger partial charge in [-0.3, -0.25) is 0 Å². The molecular formula is C11H17BrN2O2S. The number of sulfonamides is 1. The van der Waals surface area contributed by atoms with Crippen LogP contribution in [0, 0.1) is 6.92 Å². The molecule has 1 rings (SSSR count). The maximum Gasteiger partial charge on any atom is 0.240 e. The van der Waals surface area contributed by atoms with Gasteiger partial charge in [0.2, 0.25) is 10.0 Å². The summed E-state index contributed by atoms with van der Waals surface area (Å²) >= 11 is 3.32. The summed E-state index contributed by atoms with van der Waals surface area (Å²) in [5, 5.41) is 0. The maximum atomic E-state index is 11.9. The average molecular weight is 321 g/mol. The highest BCUT2D eigenvalue weighted by Gasteiger charge is 2.14. The number of aryl methyl sites for hydroxylation is 1. The first kappa shape index (κ1) is 14.6. The molecule has 1 aromatic rings. The normalized spacial score (nSPS) is 13.6. The third-order valence-electron chi connectivity index (χ3n) is 2.35.